The molecule has 2 fully saturated rings. The second-order valence-corrected chi connectivity index (χ2v) is 6.44. The minimum absolute atomic E-state index is 0.0420. The van der Waals surface area contributed by atoms with Crippen LogP contribution in [0.3, 0.4) is 0 Å². The molecule has 0 aromatic rings. The number of amides is 2. The molecule has 1 N–H and O–H groups in total. The van der Waals surface area contributed by atoms with E-state index in [2.05, 4.69) is 5.32 Å². The lowest BCUT2D eigenvalue weighted by atomic mass is 9.81. The summed E-state index contributed by atoms with van der Waals surface area (Å²) in [6.07, 6.45) is 6.12. The van der Waals surface area contributed by atoms with Crippen molar-refractivity contribution >= 4 is 11.8 Å². The smallest absolute Gasteiger partial charge is 0.246 e. The summed E-state index contributed by atoms with van der Waals surface area (Å²) in [5.41, 5.74) is 0. The third kappa shape index (κ3) is 3.38. The van der Waals surface area contributed by atoms with Gasteiger partial charge in [0, 0.05) is 6.54 Å². The first-order valence-corrected chi connectivity index (χ1v) is 8.27. The van der Waals surface area contributed by atoms with E-state index in [1.165, 1.54) is 11.3 Å². The largest absolute Gasteiger partial charge is 0.342 e. The van der Waals surface area contributed by atoms with E-state index in [1.54, 1.807) is 0 Å². The average Bonchev–Trinajstić information content (AvgIpc) is 2.51. The standard InChI is InChI=1S/C16H27FN2O2/c1-3-11(2)13-16(21)19(10-9-17)14(15(20)18-13)12-7-5-4-6-8-12/h11-14H,3-10H2,1-2H3,(H,18,20). The highest BCUT2D eigenvalue weighted by atomic mass is 19.1. The first kappa shape index (κ1) is 16.2. The fourth-order valence-corrected chi connectivity index (χ4v) is 3.64. The summed E-state index contributed by atoms with van der Waals surface area (Å²) in [4.78, 5) is 26.7. The van der Waals surface area contributed by atoms with Crippen molar-refractivity contribution in [2.24, 2.45) is 11.8 Å². The summed E-state index contributed by atoms with van der Waals surface area (Å²) in [7, 11) is 0. The number of hydrogen-bond donors (Lipinski definition) is 1. The topological polar surface area (TPSA) is 49.4 Å². The molecule has 3 atom stereocenters. The normalized spacial score (nSPS) is 29.4. The van der Waals surface area contributed by atoms with Gasteiger partial charge in [0.1, 0.15) is 18.8 Å². The molecule has 120 valence electrons. The molecule has 5 heteroatoms. The van der Waals surface area contributed by atoms with E-state index >= 15 is 0 Å². The number of carbonyl (C=O) groups excluding carboxylic acids is 2. The van der Waals surface area contributed by atoms with E-state index in [0.717, 1.165) is 32.1 Å². The number of piperazine rings is 1. The molecule has 1 saturated carbocycles. The lowest BCUT2D eigenvalue weighted by molar-refractivity contribution is -0.154. The van der Waals surface area contributed by atoms with Crippen LogP contribution in [0.15, 0.2) is 0 Å². The van der Waals surface area contributed by atoms with Crippen molar-refractivity contribution in [1.29, 1.82) is 0 Å². The van der Waals surface area contributed by atoms with Crippen molar-refractivity contribution in [1.82, 2.24) is 10.2 Å². The minimum Gasteiger partial charge on any atom is -0.342 e. The maximum absolute atomic E-state index is 12.9. The number of rotatable bonds is 5. The third-order valence-corrected chi connectivity index (χ3v) is 5.09. The summed E-state index contributed by atoms with van der Waals surface area (Å²) in [5.74, 6) is 0.0837. The molecule has 1 heterocycles. The van der Waals surface area contributed by atoms with Crippen LogP contribution in [0.5, 0.6) is 0 Å². The van der Waals surface area contributed by atoms with Gasteiger partial charge in [-0.1, -0.05) is 39.5 Å². The quantitative estimate of drug-likeness (QED) is 0.846. The molecule has 1 aliphatic heterocycles. The second-order valence-electron chi connectivity index (χ2n) is 6.44. The lowest BCUT2D eigenvalue weighted by Crippen LogP contribution is -2.67. The highest BCUT2D eigenvalue weighted by Gasteiger charge is 2.45. The van der Waals surface area contributed by atoms with Crippen molar-refractivity contribution in [2.45, 2.75) is 64.5 Å². The Morgan fingerprint density at radius 2 is 1.95 bits per heavy atom. The second kappa shape index (κ2) is 7.23. The molecule has 0 aromatic carbocycles. The van der Waals surface area contributed by atoms with Crippen molar-refractivity contribution in [3.63, 3.8) is 0 Å². The molecule has 0 bridgehead atoms. The monoisotopic (exact) mass is 298 g/mol. The Kier molecular flexibility index (Phi) is 5.59. The summed E-state index contributed by atoms with van der Waals surface area (Å²) < 4.78 is 12.9. The van der Waals surface area contributed by atoms with E-state index in [0.29, 0.717) is 0 Å². The van der Waals surface area contributed by atoms with Gasteiger partial charge in [0.2, 0.25) is 11.8 Å². The molecule has 3 unspecified atom stereocenters. The zero-order valence-electron chi connectivity index (χ0n) is 13.1. The summed E-state index contributed by atoms with van der Waals surface area (Å²) in [5, 5.41) is 2.90. The van der Waals surface area contributed by atoms with Crippen LogP contribution in [-0.2, 0) is 9.59 Å². The number of carbonyl (C=O) groups is 2. The maximum atomic E-state index is 12.9. The van der Waals surface area contributed by atoms with Crippen molar-refractivity contribution in [2.75, 3.05) is 13.2 Å². The van der Waals surface area contributed by atoms with Gasteiger partial charge in [0.15, 0.2) is 0 Å². The molecular weight excluding hydrogens is 271 g/mol. The van der Waals surface area contributed by atoms with Gasteiger partial charge in [-0.2, -0.15) is 0 Å². The molecule has 0 radical (unpaired) electrons. The number of halogens is 1. The van der Waals surface area contributed by atoms with Gasteiger partial charge >= 0.3 is 0 Å². The summed E-state index contributed by atoms with van der Waals surface area (Å²) >= 11 is 0. The van der Waals surface area contributed by atoms with Crippen LogP contribution in [0.2, 0.25) is 0 Å². The van der Waals surface area contributed by atoms with Crippen molar-refractivity contribution in [3.8, 4) is 0 Å². The molecule has 0 spiro atoms. The highest BCUT2D eigenvalue weighted by molar-refractivity contribution is 5.97. The third-order valence-electron chi connectivity index (χ3n) is 5.09. The Bertz CT molecular complexity index is 382. The molecule has 2 aliphatic rings. The number of nitrogens with one attached hydrogen (secondary N) is 1. The van der Waals surface area contributed by atoms with Crippen molar-refractivity contribution < 1.29 is 14.0 Å². The van der Waals surface area contributed by atoms with E-state index < -0.39 is 18.8 Å². The Hall–Kier alpha value is -1.13. The summed E-state index contributed by atoms with van der Waals surface area (Å²) in [6, 6.07) is -0.956. The lowest BCUT2D eigenvalue weighted by Gasteiger charge is -2.44. The minimum atomic E-state index is -0.588. The highest BCUT2D eigenvalue weighted by Crippen LogP contribution is 2.31. The Labute approximate surface area is 126 Å². The fraction of sp³-hybridized carbons (Fsp3) is 0.875. The first-order chi connectivity index (χ1) is 10.1. The van der Waals surface area contributed by atoms with Crippen LogP contribution < -0.4 is 5.32 Å². The molecular formula is C16H27FN2O2. The van der Waals surface area contributed by atoms with Gasteiger partial charge in [0.05, 0.1) is 0 Å². The Balaban J connectivity index is 2.19. The number of alkyl halides is 1. The molecule has 1 aliphatic carbocycles. The Morgan fingerprint density at radius 3 is 2.52 bits per heavy atom. The van der Waals surface area contributed by atoms with E-state index in [-0.39, 0.29) is 30.2 Å². The fourth-order valence-electron chi connectivity index (χ4n) is 3.64. The predicted molar refractivity (Wildman–Crippen MR) is 79.4 cm³/mol. The molecule has 2 amide bonds. The van der Waals surface area contributed by atoms with Gasteiger partial charge < -0.3 is 10.2 Å². The SMILES string of the molecule is CCC(C)C1NC(=O)C(C2CCCCC2)N(CCF)C1=O. The molecule has 2 rings (SSSR count). The zero-order valence-corrected chi connectivity index (χ0v) is 13.1. The van der Waals surface area contributed by atoms with Gasteiger partial charge in [-0.05, 0) is 24.7 Å². The molecule has 0 aromatic heterocycles. The van der Waals surface area contributed by atoms with E-state index in [9.17, 15) is 14.0 Å². The maximum Gasteiger partial charge on any atom is 0.246 e. The van der Waals surface area contributed by atoms with Gasteiger partial charge in [-0.25, -0.2) is 4.39 Å². The van der Waals surface area contributed by atoms with Crippen LogP contribution >= 0.6 is 0 Å². The predicted octanol–water partition coefficient (Wildman–Crippen LogP) is 2.28. The Morgan fingerprint density at radius 1 is 1.29 bits per heavy atom. The van der Waals surface area contributed by atoms with Crippen LogP contribution in [0.25, 0.3) is 0 Å². The molecule has 1 saturated heterocycles. The van der Waals surface area contributed by atoms with Crippen molar-refractivity contribution in [3.05, 3.63) is 0 Å². The number of hydrogen-bond acceptors (Lipinski definition) is 2. The van der Waals surface area contributed by atoms with Gasteiger partial charge in [-0.15, -0.1) is 0 Å². The summed E-state index contributed by atoms with van der Waals surface area (Å²) in [6.45, 7) is 3.41. The van der Waals surface area contributed by atoms with Gasteiger partial charge in [-0.3, -0.25) is 9.59 Å². The number of nitrogens with zero attached hydrogens (tertiary/aromatic N) is 1. The molecule has 21 heavy (non-hydrogen) atoms. The van der Waals surface area contributed by atoms with E-state index in [1.807, 2.05) is 13.8 Å². The van der Waals surface area contributed by atoms with Crippen LogP contribution in [-0.4, -0.2) is 42.0 Å². The average molecular weight is 298 g/mol. The van der Waals surface area contributed by atoms with Crippen LogP contribution in [0.1, 0.15) is 52.4 Å². The molecule has 4 nitrogen and oxygen atoms in total. The van der Waals surface area contributed by atoms with Crippen LogP contribution in [0, 0.1) is 11.8 Å². The first-order valence-electron chi connectivity index (χ1n) is 8.27. The van der Waals surface area contributed by atoms with Crippen LogP contribution in [0.4, 0.5) is 4.39 Å². The zero-order chi connectivity index (χ0) is 15.4. The van der Waals surface area contributed by atoms with Gasteiger partial charge in [0.25, 0.3) is 0 Å². The van der Waals surface area contributed by atoms with E-state index in [4.69, 9.17) is 0 Å².